The Hall–Kier alpha value is -0.520. The van der Waals surface area contributed by atoms with Gasteiger partial charge in [-0.3, -0.25) is 0 Å². The predicted molar refractivity (Wildman–Crippen MR) is 89.6 cm³/mol. The van der Waals surface area contributed by atoms with Gasteiger partial charge in [-0.1, -0.05) is 20.8 Å². The fourth-order valence-corrected chi connectivity index (χ4v) is 3.53. The lowest BCUT2D eigenvalue weighted by Crippen LogP contribution is -2.12. The van der Waals surface area contributed by atoms with Crippen molar-refractivity contribution >= 4 is 42.8 Å². The lowest BCUT2D eigenvalue weighted by molar-refractivity contribution is 0.412. The first-order valence-corrected chi connectivity index (χ1v) is 8.27. The van der Waals surface area contributed by atoms with Crippen LogP contribution in [0, 0.1) is 0 Å². The van der Waals surface area contributed by atoms with E-state index in [9.17, 15) is 0 Å². The summed E-state index contributed by atoms with van der Waals surface area (Å²) in [5, 5.41) is 4.43. The summed E-state index contributed by atoms with van der Waals surface area (Å²) in [4.78, 5) is 0. The molecular weight excluding hydrogens is 386 g/mol. The van der Waals surface area contributed by atoms with Crippen LogP contribution in [-0.2, 0) is 6.54 Å². The van der Waals surface area contributed by atoms with Crippen molar-refractivity contribution in [2.45, 2.75) is 33.2 Å². The summed E-state index contributed by atoms with van der Waals surface area (Å²) >= 11 is 7.22. The Morgan fingerprint density at radius 1 is 1.35 bits per heavy atom. The second-order valence-corrected chi connectivity index (χ2v) is 6.60. The Bertz CT molecular complexity index is 620. The van der Waals surface area contributed by atoms with Gasteiger partial charge in [0.05, 0.1) is 22.6 Å². The maximum absolute atomic E-state index is 6.08. The van der Waals surface area contributed by atoms with Gasteiger partial charge in [0.25, 0.3) is 0 Å². The van der Waals surface area contributed by atoms with Crippen LogP contribution in [0.1, 0.15) is 38.0 Å². The normalized spacial score (nSPS) is 11.6. The molecule has 0 bridgehead atoms. The maximum Gasteiger partial charge on any atom is 0.150 e. The van der Waals surface area contributed by atoms with E-state index in [0.717, 1.165) is 44.5 Å². The molecule has 5 heteroatoms. The van der Waals surface area contributed by atoms with Gasteiger partial charge in [-0.05, 0) is 50.4 Å². The van der Waals surface area contributed by atoms with E-state index in [4.69, 9.17) is 9.15 Å². The van der Waals surface area contributed by atoms with E-state index in [1.165, 1.54) is 5.56 Å². The highest BCUT2D eigenvalue weighted by Gasteiger charge is 2.23. The fraction of sp³-hybridized carbons (Fsp3) is 0.467. The van der Waals surface area contributed by atoms with Gasteiger partial charge in [0.2, 0.25) is 0 Å². The van der Waals surface area contributed by atoms with Crippen molar-refractivity contribution < 1.29 is 9.15 Å². The molecular formula is C15H19Br2NO2. The van der Waals surface area contributed by atoms with Crippen molar-refractivity contribution in [2.75, 3.05) is 13.7 Å². The minimum absolute atomic E-state index is 0.375. The van der Waals surface area contributed by atoms with E-state index in [1.807, 2.05) is 6.07 Å². The molecule has 0 fully saturated rings. The maximum atomic E-state index is 6.08. The summed E-state index contributed by atoms with van der Waals surface area (Å²) in [5.74, 6) is 2.17. The lowest BCUT2D eigenvalue weighted by Gasteiger charge is -2.09. The highest BCUT2D eigenvalue weighted by molar-refractivity contribution is 9.11. The molecule has 0 atom stereocenters. The minimum atomic E-state index is 0.375. The second kappa shape index (κ2) is 6.50. The molecule has 0 aliphatic heterocycles. The number of fused-ring (bicyclic) bond motifs is 1. The first-order chi connectivity index (χ1) is 9.51. The van der Waals surface area contributed by atoms with Crippen LogP contribution in [0.2, 0.25) is 0 Å². The number of benzene rings is 1. The van der Waals surface area contributed by atoms with Gasteiger partial charge >= 0.3 is 0 Å². The van der Waals surface area contributed by atoms with Crippen LogP contribution >= 0.6 is 31.9 Å². The summed E-state index contributed by atoms with van der Waals surface area (Å²) in [5.41, 5.74) is 2.10. The van der Waals surface area contributed by atoms with Crippen LogP contribution in [0.3, 0.4) is 0 Å². The number of hydrogen-bond donors (Lipinski definition) is 1. The minimum Gasteiger partial charge on any atom is -0.496 e. The molecule has 0 spiro atoms. The van der Waals surface area contributed by atoms with Crippen molar-refractivity contribution in [2.24, 2.45) is 0 Å². The van der Waals surface area contributed by atoms with E-state index in [2.05, 4.69) is 57.9 Å². The molecule has 0 amide bonds. The number of rotatable bonds is 5. The van der Waals surface area contributed by atoms with Gasteiger partial charge in [0.1, 0.15) is 17.1 Å². The van der Waals surface area contributed by atoms with Crippen LogP contribution in [0.5, 0.6) is 5.75 Å². The van der Waals surface area contributed by atoms with Crippen LogP contribution in [0.25, 0.3) is 11.0 Å². The third-order valence-corrected chi connectivity index (χ3v) is 4.64. The summed E-state index contributed by atoms with van der Waals surface area (Å²) < 4.78 is 13.4. The van der Waals surface area contributed by atoms with Crippen LogP contribution < -0.4 is 10.1 Å². The molecule has 3 nitrogen and oxygen atoms in total. The third kappa shape index (κ3) is 2.76. The molecule has 1 N–H and O–H groups in total. The van der Waals surface area contributed by atoms with Gasteiger partial charge in [0.15, 0.2) is 0 Å². The van der Waals surface area contributed by atoms with E-state index in [1.54, 1.807) is 7.11 Å². The highest BCUT2D eigenvalue weighted by atomic mass is 79.9. The number of furan rings is 1. The van der Waals surface area contributed by atoms with Crippen molar-refractivity contribution in [3.05, 3.63) is 26.3 Å². The topological polar surface area (TPSA) is 34.4 Å². The van der Waals surface area contributed by atoms with Crippen molar-refractivity contribution in [3.63, 3.8) is 0 Å². The Morgan fingerprint density at radius 3 is 2.60 bits per heavy atom. The van der Waals surface area contributed by atoms with Crippen LogP contribution in [0.15, 0.2) is 19.4 Å². The molecule has 0 saturated carbocycles. The van der Waals surface area contributed by atoms with Crippen molar-refractivity contribution in [1.29, 1.82) is 0 Å². The highest BCUT2D eigenvalue weighted by Crippen LogP contribution is 2.44. The Morgan fingerprint density at radius 2 is 2.05 bits per heavy atom. The van der Waals surface area contributed by atoms with Crippen molar-refractivity contribution in [3.8, 4) is 5.75 Å². The first-order valence-electron chi connectivity index (χ1n) is 6.69. The van der Waals surface area contributed by atoms with Gasteiger partial charge in [-0.15, -0.1) is 0 Å². The molecule has 0 unspecified atom stereocenters. The number of halogens is 2. The number of methoxy groups -OCH3 is 1. The van der Waals surface area contributed by atoms with E-state index >= 15 is 0 Å². The van der Waals surface area contributed by atoms with Gasteiger partial charge in [-0.2, -0.15) is 0 Å². The van der Waals surface area contributed by atoms with E-state index < -0.39 is 0 Å². The largest absolute Gasteiger partial charge is 0.496 e. The molecule has 1 heterocycles. The number of nitrogens with one attached hydrogen (secondary N) is 1. The molecule has 0 radical (unpaired) electrons. The number of ether oxygens (including phenoxy) is 1. The average Bonchev–Trinajstić information content (AvgIpc) is 2.80. The zero-order chi connectivity index (χ0) is 14.9. The zero-order valence-electron chi connectivity index (χ0n) is 12.1. The van der Waals surface area contributed by atoms with E-state index in [-0.39, 0.29) is 0 Å². The van der Waals surface area contributed by atoms with Gasteiger partial charge in [-0.25, -0.2) is 0 Å². The Labute approximate surface area is 136 Å². The quantitative estimate of drug-likeness (QED) is 0.743. The molecule has 110 valence electrons. The summed E-state index contributed by atoms with van der Waals surface area (Å²) in [7, 11) is 1.67. The SMILES string of the molecule is CCNCc1oc2c(Br)cc(OC)c(Br)c2c1C(C)C. The summed E-state index contributed by atoms with van der Waals surface area (Å²) in [6.45, 7) is 8.10. The fourth-order valence-electron chi connectivity index (χ4n) is 2.37. The average molecular weight is 405 g/mol. The van der Waals surface area contributed by atoms with Crippen LogP contribution in [-0.4, -0.2) is 13.7 Å². The molecule has 0 aliphatic rings. The van der Waals surface area contributed by atoms with Crippen molar-refractivity contribution in [1.82, 2.24) is 5.32 Å². The second-order valence-electron chi connectivity index (χ2n) is 4.95. The lowest BCUT2D eigenvalue weighted by atomic mass is 9.99. The molecule has 20 heavy (non-hydrogen) atoms. The molecule has 0 aliphatic carbocycles. The molecule has 2 aromatic rings. The molecule has 2 rings (SSSR count). The summed E-state index contributed by atoms with van der Waals surface area (Å²) in [6, 6.07) is 1.93. The Balaban J connectivity index is 2.74. The summed E-state index contributed by atoms with van der Waals surface area (Å²) in [6.07, 6.45) is 0. The molecule has 0 saturated heterocycles. The number of hydrogen-bond acceptors (Lipinski definition) is 3. The Kier molecular flexibility index (Phi) is 5.15. The standard InChI is InChI=1S/C15H19Br2NO2/c1-5-18-7-11-12(8(2)3)13-14(17)10(19-4)6-9(16)15(13)20-11/h6,8,18H,5,7H2,1-4H3. The van der Waals surface area contributed by atoms with Gasteiger partial charge in [0, 0.05) is 10.9 Å². The predicted octanol–water partition coefficient (Wildman–Crippen LogP) is 5.20. The van der Waals surface area contributed by atoms with E-state index in [0.29, 0.717) is 5.92 Å². The molecule has 1 aromatic heterocycles. The smallest absolute Gasteiger partial charge is 0.150 e. The first kappa shape index (κ1) is 15.9. The molecule has 1 aromatic carbocycles. The monoisotopic (exact) mass is 403 g/mol. The third-order valence-electron chi connectivity index (χ3n) is 3.27. The van der Waals surface area contributed by atoms with Crippen LogP contribution in [0.4, 0.5) is 0 Å². The zero-order valence-corrected chi connectivity index (χ0v) is 15.3. The van der Waals surface area contributed by atoms with Gasteiger partial charge < -0.3 is 14.5 Å².